The van der Waals surface area contributed by atoms with E-state index in [1.165, 1.54) is 6.07 Å². The third kappa shape index (κ3) is 3.35. The van der Waals surface area contributed by atoms with Gasteiger partial charge in [0.25, 0.3) is 0 Å². The van der Waals surface area contributed by atoms with Crippen LogP contribution in [0.5, 0.6) is 0 Å². The summed E-state index contributed by atoms with van der Waals surface area (Å²) in [5, 5.41) is -1.25. The van der Waals surface area contributed by atoms with Gasteiger partial charge in [-0.2, -0.15) is 13.2 Å². The van der Waals surface area contributed by atoms with E-state index in [1.54, 1.807) is 6.92 Å². The van der Waals surface area contributed by atoms with Crippen LogP contribution in [-0.4, -0.2) is 16.3 Å². The molecule has 0 saturated heterocycles. The highest BCUT2D eigenvalue weighted by molar-refractivity contribution is 6.67. The Kier molecular flexibility index (Phi) is 3.57. The number of halogens is 5. The van der Waals surface area contributed by atoms with Gasteiger partial charge in [-0.15, -0.1) is 0 Å². The van der Waals surface area contributed by atoms with Crippen LogP contribution in [0.15, 0.2) is 17.3 Å². The van der Waals surface area contributed by atoms with E-state index >= 15 is 0 Å². The number of alkyl halides is 3. The molecule has 0 N–H and O–H groups in total. The molecule has 0 amide bonds. The van der Waals surface area contributed by atoms with Crippen molar-refractivity contribution in [1.29, 1.82) is 0 Å². The van der Waals surface area contributed by atoms with Gasteiger partial charge in [0.2, 0.25) is 5.17 Å². The van der Waals surface area contributed by atoms with Gasteiger partial charge in [-0.1, -0.05) is 23.2 Å². The summed E-state index contributed by atoms with van der Waals surface area (Å²) in [6.45, 7) is 1.56. The number of hydrogen-bond acceptors (Lipinski definition) is 2. The standard InChI is InChI=1S/C8H5Cl2F3N2/c1-4-2-6(9)14-3-5(4)15-7(10)8(11,12)13/h2-3H,1H3. The highest BCUT2D eigenvalue weighted by Crippen LogP contribution is 2.26. The topological polar surface area (TPSA) is 25.2 Å². The third-order valence-corrected chi connectivity index (χ3v) is 2.01. The molecule has 0 radical (unpaired) electrons. The molecule has 1 rings (SSSR count). The number of pyridine rings is 1. The monoisotopic (exact) mass is 256 g/mol. The van der Waals surface area contributed by atoms with Crippen LogP contribution in [-0.2, 0) is 0 Å². The van der Waals surface area contributed by atoms with Gasteiger partial charge in [-0.05, 0) is 18.6 Å². The average molecular weight is 257 g/mol. The van der Waals surface area contributed by atoms with Gasteiger partial charge in [-0.25, -0.2) is 9.98 Å². The molecule has 0 spiro atoms. The van der Waals surface area contributed by atoms with E-state index in [1.807, 2.05) is 0 Å². The molecule has 2 nitrogen and oxygen atoms in total. The summed E-state index contributed by atoms with van der Waals surface area (Å²) >= 11 is 10.5. The van der Waals surface area contributed by atoms with Gasteiger partial charge < -0.3 is 0 Å². The van der Waals surface area contributed by atoms with Crippen molar-refractivity contribution in [2.75, 3.05) is 0 Å². The minimum atomic E-state index is -4.65. The second kappa shape index (κ2) is 4.37. The van der Waals surface area contributed by atoms with Gasteiger partial charge in [0.15, 0.2) is 0 Å². The molecule has 0 aromatic carbocycles. The minimum absolute atomic E-state index is 0.0433. The lowest BCUT2D eigenvalue weighted by atomic mass is 10.2. The summed E-state index contributed by atoms with van der Waals surface area (Å²) in [7, 11) is 0. The van der Waals surface area contributed by atoms with Gasteiger partial charge in [0.1, 0.15) is 5.15 Å². The van der Waals surface area contributed by atoms with Crippen molar-refractivity contribution >= 4 is 34.1 Å². The van der Waals surface area contributed by atoms with Crippen molar-refractivity contribution in [3.63, 3.8) is 0 Å². The molecule has 0 atom stereocenters. The largest absolute Gasteiger partial charge is 0.444 e. The minimum Gasteiger partial charge on any atom is -0.242 e. The van der Waals surface area contributed by atoms with Gasteiger partial charge in [-0.3, -0.25) is 0 Å². The predicted molar refractivity (Wildman–Crippen MR) is 53.0 cm³/mol. The fourth-order valence-corrected chi connectivity index (χ4v) is 1.10. The van der Waals surface area contributed by atoms with Crippen LogP contribution in [0.25, 0.3) is 0 Å². The van der Waals surface area contributed by atoms with E-state index in [0.29, 0.717) is 5.56 Å². The molecule has 82 valence electrons. The second-order valence-electron chi connectivity index (χ2n) is 2.69. The van der Waals surface area contributed by atoms with E-state index in [0.717, 1.165) is 6.20 Å². The summed E-state index contributed by atoms with van der Waals surface area (Å²) in [5.74, 6) is 0. The molecule has 0 aliphatic carbocycles. The predicted octanol–water partition coefficient (Wildman–Crippen LogP) is 3.87. The van der Waals surface area contributed by atoms with Crippen molar-refractivity contribution in [3.05, 3.63) is 23.0 Å². The van der Waals surface area contributed by atoms with E-state index in [2.05, 4.69) is 9.98 Å². The van der Waals surface area contributed by atoms with Crippen molar-refractivity contribution in [1.82, 2.24) is 4.98 Å². The lowest BCUT2D eigenvalue weighted by molar-refractivity contribution is -0.0558. The molecule has 0 saturated carbocycles. The summed E-state index contributed by atoms with van der Waals surface area (Å²) in [4.78, 5) is 6.81. The molecular formula is C8H5Cl2F3N2. The molecular weight excluding hydrogens is 252 g/mol. The molecule has 0 aliphatic heterocycles. The van der Waals surface area contributed by atoms with Crippen LogP contribution in [0.3, 0.4) is 0 Å². The molecule has 15 heavy (non-hydrogen) atoms. The van der Waals surface area contributed by atoms with E-state index < -0.39 is 11.3 Å². The van der Waals surface area contributed by atoms with Crippen molar-refractivity contribution in [2.24, 2.45) is 4.99 Å². The Morgan fingerprint density at radius 2 is 2.07 bits per heavy atom. The van der Waals surface area contributed by atoms with Crippen LogP contribution in [0.1, 0.15) is 5.56 Å². The first-order valence-electron chi connectivity index (χ1n) is 3.74. The number of aryl methyl sites for hydroxylation is 1. The van der Waals surface area contributed by atoms with Crippen LogP contribution in [0.2, 0.25) is 5.15 Å². The molecule has 1 aromatic heterocycles. The van der Waals surface area contributed by atoms with Crippen molar-refractivity contribution in [2.45, 2.75) is 13.1 Å². The van der Waals surface area contributed by atoms with Gasteiger partial charge in [0.05, 0.1) is 11.9 Å². The first kappa shape index (κ1) is 12.3. The van der Waals surface area contributed by atoms with Gasteiger partial charge in [0, 0.05) is 0 Å². The van der Waals surface area contributed by atoms with Crippen LogP contribution in [0, 0.1) is 6.92 Å². The summed E-state index contributed by atoms with van der Waals surface area (Å²) in [6, 6.07) is 1.40. The number of rotatable bonds is 1. The van der Waals surface area contributed by atoms with E-state index in [-0.39, 0.29) is 10.8 Å². The van der Waals surface area contributed by atoms with Gasteiger partial charge >= 0.3 is 6.18 Å². The first-order chi connectivity index (χ1) is 6.80. The second-order valence-corrected chi connectivity index (χ2v) is 3.44. The quantitative estimate of drug-likeness (QED) is 0.553. The first-order valence-corrected chi connectivity index (χ1v) is 4.50. The number of aliphatic imine (C=N–C) groups is 1. The Balaban J connectivity index is 3.09. The molecule has 0 aliphatic rings. The van der Waals surface area contributed by atoms with Crippen molar-refractivity contribution < 1.29 is 13.2 Å². The summed E-state index contributed by atoms with van der Waals surface area (Å²) in [5.41, 5.74) is 0.513. The molecule has 0 unspecified atom stereocenters. The molecule has 0 bridgehead atoms. The Labute approximate surface area is 93.7 Å². The zero-order valence-corrected chi connectivity index (χ0v) is 8.95. The number of hydrogen-bond donors (Lipinski definition) is 0. The average Bonchev–Trinajstić information content (AvgIpc) is 2.08. The lowest BCUT2D eigenvalue weighted by Gasteiger charge is -2.04. The smallest absolute Gasteiger partial charge is 0.242 e. The lowest BCUT2D eigenvalue weighted by Crippen LogP contribution is -2.16. The highest BCUT2D eigenvalue weighted by Gasteiger charge is 2.34. The molecule has 1 heterocycles. The number of nitrogens with zero attached hydrogens (tertiary/aromatic N) is 2. The Morgan fingerprint density at radius 3 is 2.53 bits per heavy atom. The zero-order valence-electron chi connectivity index (χ0n) is 7.44. The fraction of sp³-hybridized carbons (Fsp3) is 0.250. The molecule has 1 aromatic rings. The molecule has 7 heteroatoms. The van der Waals surface area contributed by atoms with Crippen molar-refractivity contribution in [3.8, 4) is 0 Å². The van der Waals surface area contributed by atoms with E-state index in [4.69, 9.17) is 23.2 Å². The normalized spacial score (nSPS) is 13.1. The SMILES string of the molecule is Cc1cc(Cl)ncc1N=C(Cl)C(F)(F)F. The Bertz CT molecular complexity index is 401. The van der Waals surface area contributed by atoms with Crippen LogP contribution in [0.4, 0.5) is 18.9 Å². The fourth-order valence-electron chi connectivity index (χ4n) is 0.801. The maximum Gasteiger partial charge on any atom is 0.444 e. The van der Waals surface area contributed by atoms with Crippen LogP contribution >= 0.6 is 23.2 Å². The molecule has 0 fully saturated rings. The Morgan fingerprint density at radius 1 is 1.47 bits per heavy atom. The third-order valence-electron chi connectivity index (χ3n) is 1.50. The highest BCUT2D eigenvalue weighted by atomic mass is 35.5. The number of aromatic nitrogens is 1. The summed E-state index contributed by atoms with van der Waals surface area (Å²) < 4.78 is 36.1. The van der Waals surface area contributed by atoms with Crippen LogP contribution < -0.4 is 0 Å². The maximum absolute atomic E-state index is 12.0. The maximum atomic E-state index is 12.0. The Hall–Kier alpha value is -0.810. The van der Waals surface area contributed by atoms with E-state index in [9.17, 15) is 13.2 Å². The zero-order chi connectivity index (χ0) is 11.6. The summed E-state index contributed by atoms with van der Waals surface area (Å²) in [6.07, 6.45) is -3.51.